The van der Waals surface area contributed by atoms with E-state index in [0.29, 0.717) is 5.41 Å². The van der Waals surface area contributed by atoms with E-state index in [4.69, 9.17) is 4.74 Å². The summed E-state index contributed by atoms with van der Waals surface area (Å²) in [7, 11) is 2.19. The molecule has 0 aliphatic carbocycles. The van der Waals surface area contributed by atoms with Gasteiger partial charge in [-0.1, -0.05) is 12.1 Å². The fourth-order valence-corrected chi connectivity index (χ4v) is 3.39. The minimum Gasteiger partial charge on any atom is -0.377 e. The number of halogens is 1. The summed E-state index contributed by atoms with van der Waals surface area (Å²) >= 11 is 0. The van der Waals surface area contributed by atoms with E-state index in [2.05, 4.69) is 11.9 Å². The van der Waals surface area contributed by atoms with Crippen molar-refractivity contribution in [3.8, 4) is 0 Å². The molecule has 1 aromatic rings. The lowest BCUT2D eigenvalue weighted by Gasteiger charge is -2.36. The van der Waals surface area contributed by atoms with Gasteiger partial charge in [-0.15, -0.1) is 0 Å². The number of hydrogen-bond acceptors (Lipinski definition) is 2. The van der Waals surface area contributed by atoms with Crippen LogP contribution in [0.5, 0.6) is 0 Å². The lowest BCUT2D eigenvalue weighted by Crippen LogP contribution is -2.38. The largest absolute Gasteiger partial charge is 0.377 e. The van der Waals surface area contributed by atoms with Crippen molar-refractivity contribution in [3.63, 3.8) is 0 Å². The smallest absolute Gasteiger partial charge is 0.123 e. The average molecular weight is 263 g/mol. The highest BCUT2D eigenvalue weighted by molar-refractivity contribution is 5.17. The van der Waals surface area contributed by atoms with Crippen molar-refractivity contribution in [3.05, 3.63) is 35.6 Å². The summed E-state index contributed by atoms with van der Waals surface area (Å²) in [6, 6.07) is 6.90. The monoisotopic (exact) mass is 263 g/mol. The Balaban J connectivity index is 1.60. The van der Waals surface area contributed by atoms with E-state index in [9.17, 15) is 4.39 Å². The van der Waals surface area contributed by atoms with Crippen LogP contribution in [-0.4, -0.2) is 37.7 Å². The molecule has 1 spiro atoms. The molecular formula is C16H22FNO. The van der Waals surface area contributed by atoms with Gasteiger partial charge >= 0.3 is 0 Å². The summed E-state index contributed by atoms with van der Waals surface area (Å²) in [5.74, 6) is -0.149. The molecule has 0 saturated carbocycles. The van der Waals surface area contributed by atoms with Crippen molar-refractivity contribution in [1.82, 2.24) is 4.90 Å². The molecule has 2 aliphatic rings. The quantitative estimate of drug-likeness (QED) is 0.813. The van der Waals surface area contributed by atoms with Crippen LogP contribution in [0, 0.1) is 11.2 Å². The third-order valence-electron chi connectivity index (χ3n) is 4.69. The number of benzene rings is 1. The number of likely N-dealkylation sites (tertiary alicyclic amines) is 1. The molecule has 3 heteroatoms. The van der Waals surface area contributed by atoms with Crippen molar-refractivity contribution in [2.75, 3.05) is 26.7 Å². The molecule has 0 amide bonds. The summed E-state index contributed by atoms with van der Waals surface area (Å²) in [6.45, 7) is 3.24. The molecule has 0 unspecified atom stereocenters. The normalized spacial score (nSPS) is 26.9. The van der Waals surface area contributed by atoms with Crippen molar-refractivity contribution in [2.45, 2.75) is 31.8 Å². The molecular weight excluding hydrogens is 241 g/mol. The van der Waals surface area contributed by atoms with Gasteiger partial charge in [0.2, 0.25) is 0 Å². The zero-order valence-corrected chi connectivity index (χ0v) is 11.6. The Morgan fingerprint density at radius 2 is 2.16 bits per heavy atom. The van der Waals surface area contributed by atoms with E-state index < -0.39 is 0 Å². The van der Waals surface area contributed by atoms with Crippen LogP contribution in [0.25, 0.3) is 0 Å². The zero-order valence-electron chi connectivity index (χ0n) is 11.6. The van der Waals surface area contributed by atoms with Crippen LogP contribution < -0.4 is 0 Å². The molecule has 2 nitrogen and oxygen atoms in total. The number of rotatable bonds is 2. The second-order valence-electron chi connectivity index (χ2n) is 6.27. The Labute approximate surface area is 114 Å². The van der Waals surface area contributed by atoms with Crippen LogP contribution >= 0.6 is 0 Å². The van der Waals surface area contributed by atoms with E-state index in [1.807, 2.05) is 6.07 Å². The average Bonchev–Trinajstić information content (AvgIpc) is 2.77. The SMILES string of the molecule is CN1CCC2(CC1)CO[C@H](Cc1cccc(F)c1)C2. The molecule has 2 fully saturated rings. The maximum Gasteiger partial charge on any atom is 0.123 e. The van der Waals surface area contributed by atoms with Crippen LogP contribution in [0.1, 0.15) is 24.8 Å². The van der Waals surface area contributed by atoms with Crippen LogP contribution in [0.15, 0.2) is 24.3 Å². The van der Waals surface area contributed by atoms with Crippen molar-refractivity contribution < 1.29 is 9.13 Å². The topological polar surface area (TPSA) is 12.5 Å². The van der Waals surface area contributed by atoms with Gasteiger partial charge in [-0.05, 0) is 68.9 Å². The first kappa shape index (κ1) is 13.1. The Hall–Kier alpha value is -0.930. The molecule has 0 N–H and O–H groups in total. The van der Waals surface area contributed by atoms with Gasteiger partial charge in [-0.3, -0.25) is 0 Å². The van der Waals surface area contributed by atoms with Gasteiger partial charge < -0.3 is 9.64 Å². The molecule has 2 aliphatic heterocycles. The Kier molecular flexibility index (Phi) is 3.59. The predicted octanol–water partition coefficient (Wildman–Crippen LogP) is 2.87. The van der Waals surface area contributed by atoms with Gasteiger partial charge in [0.15, 0.2) is 0 Å². The van der Waals surface area contributed by atoms with Gasteiger partial charge in [0.25, 0.3) is 0 Å². The molecule has 104 valence electrons. The predicted molar refractivity (Wildman–Crippen MR) is 73.6 cm³/mol. The zero-order chi connectivity index (χ0) is 13.3. The standard InChI is InChI=1S/C16H22FNO/c1-18-7-5-16(6-8-18)11-15(19-12-16)10-13-3-2-4-14(17)9-13/h2-4,9,15H,5-8,10-12H2,1H3/t15-/m1/s1. The highest BCUT2D eigenvalue weighted by Gasteiger charge is 2.41. The van der Waals surface area contributed by atoms with Crippen LogP contribution in [0.4, 0.5) is 4.39 Å². The highest BCUT2D eigenvalue weighted by atomic mass is 19.1. The number of piperidine rings is 1. The molecule has 1 aromatic carbocycles. The third kappa shape index (κ3) is 2.98. The minimum absolute atomic E-state index is 0.149. The van der Waals surface area contributed by atoms with Gasteiger partial charge in [0, 0.05) is 0 Å². The van der Waals surface area contributed by atoms with Gasteiger partial charge in [0.05, 0.1) is 12.7 Å². The summed E-state index contributed by atoms with van der Waals surface area (Å²) in [5.41, 5.74) is 1.44. The number of ether oxygens (including phenoxy) is 1. The summed E-state index contributed by atoms with van der Waals surface area (Å²) in [5, 5.41) is 0. The van der Waals surface area contributed by atoms with E-state index in [0.717, 1.165) is 25.0 Å². The molecule has 2 saturated heterocycles. The number of nitrogens with zero attached hydrogens (tertiary/aromatic N) is 1. The molecule has 0 bridgehead atoms. The van der Waals surface area contributed by atoms with Crippen molar-refractivity contribution in [2.24, 2.45) is 5.41 Å². The summed E-state index contributed by atoms with van der Waals surface area (Å²) in [6.07, 6.45) is 4.73. The molecule has 19 heavy (non-hydrogen) atoms. The number of hydrogen-bond donors (Lipinski definition) is 0. The Morgan fingerprint density at radius 3 is 2.89 bits per heavy atom. The maximum atomic E-state index is 13.2. The fraction of sp³-hybridized carbons (Fsp3) is 0.625. The highest BCUT2D eigenvalue weighted by Crippen LogP contribution is 2.42. The molecule has 0 aromatic heterocycles. The van der Waals surface area contributed by atoms with E-state index in [1.165, 1.54) is 32.0 Å². The molecule has 3 rings (SSSR count). The summed E-state index contributed by atoms with van der Waals surface area (Å²) in [4.78, 5) is 2.39. The third-order valence-corrected chi connectivity index (χ3v) is 4.69. The van der Waals surface area contributed by atoms with E-state index in [1.54, 1.807) is 12.1 Å². The maximum absolute atomic E-state index is 13.2. The van der Waals surface area contributed by atoms with Gasteiger partial charge in [0.1, 0.15) is 5.82 Å². The van der Waals surface area contributed by atoms with Crippen LogP contribution in [0.2, 0.25) is 0 Å². The summed E-state index contributed by atoms with van der Waals surface area (Å²) < 4.78 is 19.2. The van der Waals surface area contributed by atoms with Crippen LogP contribution in [-0.2, 0) is 11.2 Å². The molecule has 2 heterocycles. The molecule has 0 radical (unpaired) electrons. The lowest BCUT2D eigenvalue weighted by molar-refractivity contribution is 0.0714. The Bertz CT molecular complexity index is 440. The fourth-order valence-electron chi connectivity index (χ4n) is 3.39. The second kappa shape index (κ2) is 5.22. The van der Waals surface area contributed by atoms with Crippen LogP contribution in [0.3, 0.4) is 0 Å². The first-order valence-electron chi connectivity index (χ1n) is 7.20. The van der Waals surface area contributed by atoms with Gasteiger partial charge in [-0.2, -0.15) is 0 Å². The first-order valence-corrected chi connectivity index (χ1v) is 7.20. The lowest BCUT2D eigenvalue weighted by atomic mass is 9.76. The minimum atomic E-state index is -0.149. The van der Waals surface area contributed by atoms with E-state index >= 15 is 0 Å². The van der Waals surface area contributed by atoms with Crippen molar-refractivity contribution in [1.29, 1.82) is 0 Å². The molecule has 1 atom stereocenters. The Morgan fingerprint density at radius 1 is 1.37 bits per heavy atom. The van der Waals surface area contributed by atoms with Gasteiger partial charge in [-0.25, -0.2) is 4.39 Å². The van der Waals surface area contributed by atoms with Crippen molar-refractivity contribution >= 4 is 0 Å². The second-order valence-corrected chi connectivity index (χ2v) is 6.27. The van der Waals surface area contributed by atoms with E-state index in [-0.39, 0.29) is 11.9 Å². The first-order chi connectivity index (χ1) is 9.15.